The van der Waals surface area contributed by atoms with Gasteiger partial charge in [0.05, 0.1) is 7.05 Å². The monoisotopic (exact) mass is 292 g/mol. The summed E-state index contributed by atoms with van der Waals surface area (Å²) in [5.41, 5.74) is 3.06. The Morgan fingerprint density at radius 2 is 1.81 bits per heavy atom. The number of amides is 2. The third-order valence-corrected chi connectivity index (χ3v) is 3.38. The van der Waals surface area contributed by atoms with Crippen molar-refractivity contribution in [3.05, 3.63) is 29.3 Å². The number of carbonyl (C=O) groups excluding carboxylic acids is 2. The third-order valence-electron chi connectivity index (χ3n) is 3.38. The number of anilines is 1. The van der Waals surface area contributed by atoms with Gasteiger partial charge in [-0.3, -0.25) is 9.59 Å². The molecule has 0 heterocycles. The second-order valence-corrected chi connectivity index (χ2v) is 5.46. The van der Waals surface area contributed by atoms with Gasteiger partial charge in [-0.2, -0.15) is 0 Å². The quantitative estimate of drug-likeness (QED) is 0.676. The molecule has 0 saturated carbocycles. The van der Waals surface area contributed by atoms with E-state index in [2.05, 4.69) is 10.6 Å². The Kier molecular flexibility index (Phi) is 6.88. The maximum Gasteiger partial charge on any atom is 0.279 e. The molecule has 116 valence electrons. The van der Waals surface area contributed by atoms with E-state index in [-0.39, 0.29) is 18.4 Å². The standard InChI is InChI=1S/C16H25N3O2/c1-5-9-17-15(20)10-19(4)11-16(21)18-14-8-6-7-12(2)13(14)3/h6-8H,5,9-11H2,1-4H3,(H,17,20)(H,18,21)/p+1. The van der Waals surface area contributed by atoms with E-state index < -0.39 is 0 Å². The first-order valence-corrected chi connectivity index (χ1v) is 7.38. The molecule has 1 unspecified atom stereocenters. The number of aryl methyl sites for hydroxylation is 1. The van der Waals surface area contributed by atoms with Crippen molar-refractivity contribution in [2.75, 3.05) is 32.0 Å². The molecule has 1 atom stereocenters. The van der Waals surface area contributed by atoms with Crippen LogP contribution in [0.2, 0.25) is 0 Å². The van der Waals surface area contributed by atoms with Crippen LogP contribution in [0.5, 0.6) is 0 Å². The normalized spacial score (nSPS) is 11.8. The van der Waals surface area contributed by atoms with E-state index in [0.717, 1.165) is 28.1 Å². The van der Waals surface area contributed by atoms with Crippen molar-refractivity contribution in [1.82, 2.24) is 5.32 Å². The highest BCUT2D eigenvalue weighted by atomic mass is 16.2. The molecule has 0 aromatic heterocycles. The van der Waals surface area contributed by atoms with Crippen LogP contribution in [-0.2, 0) is 9.59 Å². The molecule has 0 aliphatic carbocycles. The Labute approximate surface area is 126 Å². The van der Waals surface area contributed by atoms with Crippen LogP contribution in [0.1, 0.15) is 24.5 Å². The van der Waals surface area contributed by atoms with Crippen molar-refractivity contribution in [2.24, 2.45) is 0 Å². The predicted molar refractivity (Wildman–Crippen MR) is 84.5 cm³/mol. The molecule has 1 aromatic carbocycles. The van der Waals surface area contributed by atoms with Crippen LogP contribution in [0.15, 0.2) is 18.2 Å². The molecule has 0 radical (unpaired) electrons. The molecule has 1 aromatic rings. The summed E-state index contributed by atoms with van der Waals surface area (Å²) in [5.74, 6) is -0.0987. The fourth-order valence-corrected chi connectivity index (χ4v) is 2.02. The third kappa shape index (κ3) is 5.95. The molecule has 0 fully saturated rings. The zero-order chi connectivity index (χ0) is 15.8. The Balaban J connectivity index is 2.46. The number of rotatable bonds is 7. The van der Waals surface area contributed by atoms with E-state index in [1.807, 2.05) is 46.0 Å². The number of quaternary nitrogens is 1. The molecule has 3 N–H and O–H groups in total. The highest BCUT2D eigenvalue weighted by molar-refractivity contribution is 5.92. The van der Waals surface area contributed by atoms with Crippen molar-refractivity contribution < 1.29 is 14.5 Å². The molecule has 5 nitrogen and oxygen atoms in total. The lowest BCUT2D eigenvalue weighted by Gasteiger charge is -2.15. The number of likely N-dealkylation sites (N-methyl/N-ethyl adjacent to an activating group) is 1. The maximum atomic E-state index is 12.0. The molecule has 0 bridgehead atoms. The van der Waals surface area contributed by atoms with Crippen LogP contribution in [0, 0.1) is 13.8 Å². The molecule has 1 rings (SSSR count). The van der Waals surface area contributed by atoms with Crippen molar-refractivity contribution >= 4 is 17.5 Å². The second-order valence-electron chi connectivity index (χ2n) is 5.46. The second kappa shape index (κ2) is 8.42. The van der Waals surface area contributed by atoms with Gasteiger partial charge in [0.2, 0.25) is 0 Å². The molecule has 2 amide bonds. The van der Waals surface area contributed by atoms with Crippen LogP contribution in [-0.4, -0.2) is 38.5 Å². The lowest BCUT2D eigenvalue weighted by atomic mass is 10.1. The summed E-state index contributed by atoms with van der Waals surface area (Å²) >= 11 is 0. The molecular weight excluding hydrogens is 266 g/mol. The van der Waals surface area contributed by atoms with Crippen LogP contribution >= 0.6 is 0 Å². The fraction of sp³-hybridized carbons (Fsp3) is 0.500. The summed E-state index contributed by atoms with van der Waals surface area (Å²) in [5, 5.41) is 5.72. The van der Waals surface area contributed by atoms with Gasteiger partial charge in [-0.15, -0.1) is 0 Å². The van der Waals surface area contributed by atoms with Crippen LogP contribution in [0.3, 0.4) is 0 Å². The lowest BCUT2D eigenvalue weighted by Crippen LogP contribution is -3.11. The van der Waals surface area contributed by atoms with Gasteiger partial charge in [0.1, 0.15) is 0 Å². The van der Waals surface area contributed by atoms with Crippen molar-refractivity contribution in [3.8, 4) is 0 Å². The molecule has 0 aliphatic rings. The summed E-state index contributed by atoms with van der Waals surface area (Å²) in [6.45, 7) is 7.27. The Hall–Kier alpha value is -1.88. The van der Waals surface area contributed by atoms with E-state index in [9.17, 15) is 9.59 Å². The minimum atomic E-state index is -0.0792. The molecule has 0 spiro atoms. The van der Waals surface area contributed by atoms with Gasteiger partial charge in [-0.05, 0) is 37.5 Å². The Morgan fingerprint density at radius 3 is 2.48 bits per heavy atom. The van der Waals surface area contributed by atoms with Crippen LogP contribution in [0.4, 0.5) is 5.69 Å². The fourth-order valence-electron chi connectivity index (χ4n) is 2.02. The van der Waals surface area contributed by atoms with Gasteiger partial charge >= 0.3 is 0 Å². The van der Waals surface area contributed by atoms with E-state index in [0.29, 0.717) is 13.1 Å². The molecule has 5 heteroatoms. The lowest BCUT2D eigenvalue weighted by molar-refractivity contribution is -0.862. The number of nitrogens with one attached hydrogen (secondary N) is 3. The zero-order valence-corrected chi connectivity index (χ0v) is 13.4. The van der Waals surface area contributed by atoms with E-state index in [1.54, 1.807) is 0 Å². The number of benzene rings is 1. The average molecular weight is 292 g/mol. The Morgan fingerprint density at radius 1 is 1.14 bits per heavy atom. The highest BCUT2D eigenvalue weighted by Crippen LogP contribution is 2.17. The summed E-state index contributed by atoms with van der Waals surface area (Å²) in [4.78, 5) is 24.5. The summed E-state index contributed by atoms with van der Waals surface area (Å²) in [7, 11) is 1.84. The van der Waals surface area contributed by atoms with Gasteiger partial charge in [0, 0.05) is 12.2 Å². The smallest absolute Gasteiger partial charge is 0.279 e. The number of hydrogen-bond donors (Lipinski definition) is 3. The van der Waals surface area contributed by atoms with Crippen molar-refractivity contribution in [1.29, 1.82) is 0 Å². The van der Waals surface area contributed by atoms with Gasteiger partial charge in [-0.25, -0.2) is 0 Å². The Bertz CT molecular complexity index is 500. The van der Waals surface area contributed by atoms with E-state index in [4.69, 9.17) is 0 Å². The van der Waals surface area contributed by atoms with Gasteiger partial charge < -0.3 is 15.5 Å². The first-order valence-electron chi connectivity index (χ1n) is 7.38. The molecule has 0 aliphatic heterocycles. The van der Waals surface area contributed by atoms with E-state index in [1.165, 1.54) is 0 Å². The minimum absolute atomic E-state index is 0.0195. The van der Waals surface area contributed by atoms with E-state index >= 15 is 0 Å². The van der Waals surface area contributed by atoms with Gasteiger partial charge in [0.25, 0.3) is 11.8 Å². The zero-order valence-electron chi connectivity index (χ0n) is 13.4. The molecule has 0 saturated heterocycles. The summed E-state index contributed by atoms with van der Waals surface area (Å²) in [6.07, 6.45) is 0.915. The summed E-state index contributed by atoms with van der Waals surface area (Å²) < 4.78 is 0. The minimum Gasteiger partial charge on any atom is -0.351 e. The van der Waals surface area contributed by atoms with Crippen LogP contribution in [0.25, 0.3) is 0 Å². The van der Waals surface area contributed by atoms with Gasteiger partial charge in [-0.1, -0.05) is 19.1 Å². The first-order chi connectivity index (χ1) is 9.93. The van der Waals surface area contributed by atoms with Crippen molar-refractivity contribution in [3.63, 3.8) is 0 Å². The van der Waals surface area contributed by atoms with Crippen molar-refractivity contribution in [2.45, 2.75) is 27.2 Å². The topological polar surface area (TPSA) is 62.6 Å². The highest BCUT2D eigenvalue weighted by Gasteiger charge is 2.14. The summed E-state index contributed by atoms with van der Waals surface area (Å²) in [6, 6.07) is 5.83. The average Bonchev–Trinajstić information content (AvgIpc) is 2.41. The molecule has 21 heavy (non-hydrogen) atoms. The predicted octanol–water partition coefficient (Wildman–Crippen LogP) is 0.283. The van der Waals surface area contributed by atoms with Crippen LogP contribution < -0.4 is 15.5 Å². The maximum absolute atomic E-state index is 12.0. The SMILES string of the molecule is CCCNC(=O)C[NH+](C)CC(=O)Nc1cccc(C)c1C. The van der Waals surface area contributed by atoms with Gasteiger partial charge in [0.15, 0.2) is 13.1 Å². The first kappa shape index (κ1) is 17.2. The largest absolute Gasteiger partial charge is 0.351 e. The molecular formula is C16H26N3O2+. The number of hydrogen-bond acceptors (Lipinski definition) is 2. The number of carbonyl (C=O) groups is 2.